The number of esters is 1. The minimum atomic E-state index is -0.708. The van der Waals surface area contributed by atoms with Crippen LogP contribution in [0.5, 0.6) is 5.75 Å². The fraction of sp³-hybridized carbons (Fsp3) is 0.154. The van der Waals surface area contributed by atoms with Gasteiger partial charge in [0.2, 0.25) is 5.91 Å². The molecule has 122 valence electrons. The van der Waals surface area contributed by atoms with Gasteiger partial charge in [0.25, 0.3) is 5.69 Å². The summed E-state index contributed by atoms with van der Waals surface area (Å²) >= 11 is 4.84. The molecule has 0 spiro atoms. The van der Waals surface area contributed by atoms with Crippen LogP contribution >= 0.6 is 12.2 Å². The molecule has 0 saturated carbocycles. The standard InChI is InChI=1S/C13H13N3O6S/c1-2-22-12(19)6-5-11(18)15-13(23)14-9-7-8(16(20)21)3-4-10(9)17/h3-7,17H,2H2,1H3,(H2,14,15,18,23). The van der Waals surface area contributed by atoms with Crippen molar-refractivity contribution in [2.24, 2.45) is 0 Å². The van der Waals surface area contributed by atoms with Crippen LogP contribution in [0.25, 0.3) is 0 Å². The lowest BCUT2D eigenvalue weighted by Crippen LogP contribution is -2.33. The summed E-state index contributed by atoms with van der Waals surface area (Å²) in [6.45, 7) is 1.80. The molecule has 10 heteroatoms. The summed E-state index contributed by atoms with van der Waals surface area (Å²) in [5, 5.41) is 24.7. The third-order valence-corrected chi connectivity index (χ3v) is 2.54. The van der Waals surface area contributed by atoms with Crippen molar-refractivity contribution in [2.75, 3.05) is 11.9 Å². The number of rotatable bonds is 5. The molecule has 9 nitrogen and oxygen atoms in total. The minimum absolute atomic E-state index is 0.0427. The monoisotopic (exact) mass is 339 g/mol. The van der Waals surface area contributed by atoms with E-state index in [0.717, 1.165) is 30.4 Å². The molecule has 1 amide bonds. The van der Waals surface area contributed by atoms with Crippen molar-refractivity contribution in [2.45, 2.75) is 6.92 Å². The smallest absolute Gasteiger partial charge is 0.330 e. The quantitative estimate of drug-likeness (QED) is 0.182. The Kier molecular flexibility index (Phi) is 6.62. The number of amides is 1. The van der Waals surface area contributed by atoms with Crippen molar-refractivity contribution in [1.29, 1.82) is 0 Å². The second-order valence-electron chi connectivity index (χ2n) is 3.99. The number of nitrogens with one attached hydrogen (secondary N) is 2. The van der Waals surface area contributed by atoms with Gasteiger partial charge in [0.1, 0.15) is 5.75 Å². The predicted octanol–water partition coefficient (Wildman–Crippen LogP) is 1.23. The van der Waals surface area contributed by atoms with E-state index >= 15 is 0 Å². The first kappa shape index (κ1) is 18.0. The van der Waals surface area contributed by atoms with Gasteiger partial charge >= 0.3 is 5.97 Å². The van der Waals surface area contributed by atoms with Crippen LogP contribution in [0, 0.1) is 10.1 Å². The second-order valence-corrected chi connectivity index (χ2v) is 4.40. The first-order valence-corrected chi connectivity index (χ1v) is 6.68. The van der Waals surface area contributed by atoms with Gasteiger partial charge in [-0.2, -0.15) is 0 Å². The van der Waals surface area contributed by atoms with E-state index < -0.39 is 16.8 Å². The molecule has 23 heavy (non-hydrogen) atoms. The zero-order chi connectivity index (χ0) is 17.4. The maximum Gasteiger partial charge on any atom is 0.330 e. The third-order valence-electron chi connectivity index (χ3n) is 2.33. The largest absolute Gasteiger partial charge is 0.506 e. The topological polar surface area (TPSA) is 131 Å². The number of nitrogens with zero attached hydrogens (tertiary/aromatic N) is 1. The average Bonchev–Trinajstić information content (AvgIpc) is 2.47. The lowest BCUT2D eigenvalue weighted by Gasteiger charge is -2.09. The molecule has 0 heterocycles. The Bertz CT molecular complexity index is 674. The van der Waals surface area contributed by atoms with Crippen molar-refractivity contribution < 1.29 is 24.4 Å². The van der Waals surface area contributed by atoms with Gasteiger partial charge in [0.15, 0.2) is 5.11 Å². The molecule has 0 bridgehead atoms. The van der Waals surface area contributed by atoms with Gasteiger partial charge < -0.3 is 15.2 Å². The van der Waals surface area contributed by atoms with E-state index in [4.69, 9.17) is 12.2 Å². The lowest BCUT2D eigenvalue weighted by atomic mass is 10.2. The Morgan fingerprint density at radius 2 is 2.13 bits per heavy atom. The molecule has 0 aromatic heterocycles. The highest BCUT2D eigenvalue weighted by atomic mass is 32.1. The first-order chi connectivity index (χ1) is 10.8. The van der Waals surface area contributed by atoms with E-state index in [0.29, 0.717) is 0 Å². The highest BCUT2D eigenvalue weighted by molar-refractivity contribution is 7.80. The number of ether oxygens (including phenoxy) is 1. The summed E-state index contributed by atoms with van der Waals surface area (Å²) in [4.78, 5) is 32.6. The Morgan fingerprint density at radius 3 is 2.74 bits per heavy atom. The Hall–Kier alpha value is -3.01. The molecular weight excluding hydrogens is 326 g/mol. The number of phenolic OH excluding ortho intramolecular Hbond substituents is 1. The maximum absolute atomic E-state index is 11.5. The molecule has 0 unspecified atom stereocenters. The van der Waals surface area contributed by atoms with Crippen molar-refractivity contribution >= 4 is 40.6 Å². The molecule has 1 rings (SSSR count). The Morgan fingerprint density at radius 1 is 1.43 bits per heavy atom. The highest BCUT2D eigenvalue weighted by Crippen LogP contribution is 2.27. The number of carbonyl (C=O) groups is 2. The summed E-state index contributed by atoms with van der Waals surface area (Å²) in [5.74, 6) is -1.67. The van der Waals surface area contributed by atoms with Gasteiger partial charge in [0.05, 0.1) is 17.2 Å². The molecule has 3 N–H and O–H groups in total. The van der Waals surface area contributed by atoms with E-state index in [1.165, 1.54) is 0 Å². The zero-order valence-electron chi connectivity index (χ0n) is 11.9. The van der Waals surface area contributed by atoms with E-state index in [9.17, 15) is 24.8 Å². The van der Waals surface area contributed by atoms with Crippen LogP contribution in [0.1, 0.15) is 6.92 Å². The van der Waals surface area contributed by atoms with Gasteiger partial charge in [-0.15, -0.1) is 0 Å². The number of hydrogen-bond acceptors (Lipinski definition) is 7. The SMILES string of the molecule is CCOC(=O)C=CC(=O)NC(=S)Nc1cc([N+](=O)[O-])ccc1O. The third kappa shape index (κ3) is 6.09. The molecule has 1 aromatic rings. The molecule has 0 saturated heterocycles. The van der Waals surface area contributed by atoms with Gasteiger partial charge in [-0.1, -0.05) is 0 Å². The summed E-state index contributed by atoms with van der Waals surface area (Å²) in [6.07, 6.45) is 1.84. The number of benzene rings is 1. The van der Waals surface area contributed by atoms with Crippen LogP contribution in [-0.2, 0) is 14.3 Å². The summed E-state index contributed by atoms with van der Waals surface area (Å²) in [7, 11) is 0. The van der Waals surface area contributed by atoms with Crippen LogP contribution < -0.4 is 10.6 Å². The van der Waals surface area contributed by atoms with Gasteiger partial charge in [-0.25, -0.2) is 4.79 Å². The first-order valence-electron chi connectivity index (χ1n) is 6.27. The number of phenols is 1. The number of thiocarbonyl (C=S) groups is 1. The number of nitro groups is 1. The van der Waals surface area contributed by atoms with Crippen LogP contribution in [-0.4, -0.2) is 33.6 Å². The molecule has 1 aromatic carbocycles. The Balaban J connectivity index is 2.66. The minimum Gasteiger partial charge on any atom is -0.506 e. The normalized spacial score (nSPS) is 10.1. The number of nitro benzene ring substituents is 1. The Labute approximate surface area is 136 Å². The highest BCUT2D eigenvalue weighted by Gasteiger charge is 2.12. The average molecular weight is 339 g/mol. The van der Waals surface area contributed by atoms with E-state index in [1.807, 2.05) is 0 Å². The zero-order valence-corrected chi connectivity index (χ0v) is 12.8. The van der Waals surface area contributed by atoms with Crippen LogP contribution in [0.3, 0.4) is 0 Å². The lowest BCUT2D eigenvalue weighted by molar-refractivity contribution is -0.384. The van der Waals surface area contributed by atoms with Crippen LogP contribution in [0.15, 0.2) is 30.4 Å². The van der Waals surface area contributed by atoms with Crippen LogP contribution in [0.2, 0.25) is 0 Å². The number of aromatic hydroxyl groups is 1. The molecule has 0 aliphatic carbocycles. The summed E-state index contributed by atoms with van der Waals surface area (Å²) in [6, 6.07) is 3.29. The van der Waals surface area contributed by atoms with Crippen molar-refractivity contribution in [1.82, 2.24) is 5.32 Å². The number of hydrogen-bond donors (Lipinski definition) is 3. The summed E-state index contributed by atoms with van der Waals surface area (Å²) in [5.41, 5.74) is -0.305. The number of carbonyl (C=O) groups excluding carboxylic acids is 2. The number of non-ortho nitro benzene ring substituents is 1. The van der Waals surface area contributed by atoms with Crippen LogP contribution in [0.4, 0.5) is 11.4 Å². The van der Waals surface area contributed by atoms with Crippen molar-refractivity contribution in [3.05, 3.63) is 40.5 Å². The van der Waals surface area contributed by atoms with E-state index in [-0.39, 0.29) is 28.8 Å². The molecule has 0 aliphatic rings. The van der Waals surface area contributed by atoms with Gasteiger partial charge in [-0.05, 0) is 25.2 Å². The molecule has 0 atom stereocenters. The predicted molar refractivity (Wildman–Crippen MR) is 84.9 cm³/mol. The number of anilines is 1. The second kappa shape index (κ2) is 8.44. The van der Waals surface area contributed by atoms with Crippen molar-refractivity contribution in [3.63, 3.8) is 0 Å². The van der Waals surface area contributed by atoms with E-state index in [2.05, 4.69) is 15.4 Å². The van der Waals surface area contributed by atoms with Gasteiger partial charge in [-0.3, -0.25) is 20.2 Å². The van der Waals surface area contributed by atoms with Crippen molar-refractivity contribution in [3.8, 4) is 5.75 Å². The maximum atomic E-state index is 11.5. The summed E-state index contributed by atoms with van der Waals surface area (Å²) < 4.78 is 4.59. The molecule has 0 aliphatic heterocycles. The fourth-order valence-corrected chi connectivity index (χ4v) is 1.59. The molecule has 0 fully saturated rings. The van der Waals surface area contributed by atoms with E-state index in [1.54, 1.807) is 6.92 Å². The van der Waals surface area contributed by atoms with Gasteiger partial charge in [0, 0.05) is 24.3 Å². The molecular formula is C13H13N3O6S. The molecule has 0 radical (unpaired) electrons. The fourth-order valence-electron chi connectivity index (χ4n) is 1.38.